The lowest BCUT2D eigenvalue weighted by molar-refractivity contribution is -0.0203. The van der Waals surface area contributed by atoms with Gasteiger partial charge in [-0.15, -0.1) is 0 Å². The molecule has 92 valence electrons. The molecule has 0 aromatic heterocycles. The van der Waals surface area contributed by atoms with E-state index in [0.29, 0.717) is 5.92 Å². The summed E-state index contributed by atoms with van der Waals surface area (Å²) in [5.41, 5.74) is 1.30. The van der Waals surface area contributed by atoms with Crippen LogP contribution in [0.25, 0.3) is 0 Å². The Balaban J connectivity index is 2.18. The van der Waals surface area contributed by atoms with Crippen LogP contribution in [-0.4, -0.2) is 6.10 Å². The lowest BCUT2D eigenvalue weighted by Crippen LogP contribution is -2.19. The Hall–Kier alpha value is -1.08. The molecule has 17 heavy (non-hydrogen) atoms. The maximum absolute atomic E-state index is 6.12. The Kier molecular flexibility index (Phi) is 4.38. The fraction of sp³-hybridized carbons (Fsp3) is 0.500. The van der Waals surface area contributed by atoms with Crippen LogP contribution in [-0.2, 0) is 4.74 Å². The third-order valence-electron chi connectivity index (χ3n) is 3.23. The molecule has 2 unspecified atom stereocenters. The lowest BCUT2D eigenvalue weighted by atomic mass is 9.87. The predicted octanol–water partition coefficient (Wildman–Crippen LogP) is 4.51. The molecule has 1 aliphatic carbocycles. The maximum atomic E-state index is 6.12. The monoisotopic (exact) mass is 230 g/mol. The van der Waals surface area contributed by atoms with Crippen LogP contribution in [0.3, 0.4) is 0 Å². The number of allylic oxidation sites excluding steroid dienone is 1. The summed E-state index contributed by atoms with van der Waals surface area (Å²) in [5, 5.41) is 0. The van der Waals surface area contributed by atoms with Crippen molar-refractivity contribution in [3.8, 4) is 0 Å². The molecular weight excluding hydrogens is 208 g/mol. The van der Waals surface area contributed by atoms with E-state index in [-0.39, 0.29) is 12.2 Å². The van der Waals surface area contributed by atoms with E-state index in [0.717, 1.165) is 0 Å². The number of ether oxygens (including phenoxy) is 1. The van der Waals surface area contributed by atoms with E-state index in [9.17, 15) is 0 Å². The number of rotatable bonds is 4. The molecule has 0 saturated heterocycles. The molecule has 2 rings (SSSR count). The second-order valence-electron chi connectivity index (χ2n) is 5.04. The number of hydrogen-bond donors (Lipinski definition) is 0. The van der Waals surface area contributed by atoms with Crippen molar-refractivity contribution >= 4 is 0 Å². The van der Waals surface area contributed by atoms with Gasteiger partial charge in [-0.05, 0) is 38.7 Å². The Morgan fingerprint density at radius 1 is 1.18 bits per heavy atom. The fourth-order valence-corrected chi connectivity index (χ4v) is 2.45. The molecule has 0 heterocycles. The second kappa shape index (κ2) is 6.02. The van der Waals surface area contributed by atoms with Gasteiger partial charge in [-0.3, -0.25) is 0 Å². The van der Waals surface area contributed by atoms with E-state index in [1.165, 1.54) is 24.8 Å². The van der Waals surface area contributed by atoms with Crippen molar-refractivity contribution in [3.63, 3.8) is 0 Å². The van der Waals surface area contributed by atoms with Crippen molar-refractivity contribution in [1.29, 1.82) is 0 Å². The molecule has 2 atom stereocenters. The summed E-state index contributed by atoms with van der Waals surface area (Å²) >= 11 is 0. The van der Waals surface area contributed by atoms with Gasteiger partial charge in [0.15, 0.2) is 0 Å². The van der Waals surface area contributed by atoms with Crippen LogP contribution in [0.5, 0.6) is 0 Å². The minimum atomic E-state index is 0.216. The minimum Gasteiger partial charge on any atom is -0.370 e. The van der Waals surface area contributed by atoms with Crippen molar-refractivity contribution < 1.29 is 4.74 Å². The van der Waals surface area contributed by atoms with E-state index in [1.54, 1.807) is 0 Å². The predicted molar refractivity (Wildman–Crippen MR) is 71.9 cm³/mol. The molecule has 0 spiro atoms. The maximum Gasteiger partial charge on any atom is 0.0890 e. The van der Waals surface area contributed by atoms with Crippen LogP contribution < -0.4 is 0 Å². The first-order valence-corrected chi connectivity index (χ1v) is 6.64. The van der Waals surface area contributed by atoms with Crippen molar-refractivity contribution in [1.82, 2.24) is 0 Å². The largest absolute Gasteiger partial charge is 0.370 e. The molecule has 0 fully saturated rings. The summed E-state index contributed by atoms with van der Waals surface area (Å²) in [6, 6.07) is 10.6. The Labute approximate surface area is 104 Å². The summed E-state index contributed by atoms with van der Waals surface area (Å²) in [6.45, 7) is 4.23. The Morgan fingerprint density at radius 3 is 2.53 bits per heavy atom. The summed E-state index contributed by atoms with van der Waals surface area (Å²) in [7, 11) is 0. The Morgan fingerprint density at radius 2 is 1.94 bits per heavy atom. The molecule has 0 amide bonds. The Bertz CT molecular complexity index is 353. The molecular formula is C16H22O. The quantitative estimate of drug-likeness (QED) is 0.691. The first-order chi connectivity index (χ1) is 8.27. The second-order valence-corrected chi connectivity index (χ2v) is 5.04. The highest BCUT2D eigenvalue weighted by Crippen LogP contribution is 2.34. The first-order valence-electron chi connectivity index (χ1n) is 6.64. The molecule has 0 radical (unpaired) electrons. The normalized spacial score (nSPS) is 21.7. The molecule has 1 heteroatoms. The topological polar surface area (TPSA) is 9.23 Å². The molecule has 1 aliphatic rings. The van der Waals surface area contributed by atoms with Crippen molar-refractivity contribution in [2.24, 2.45) is 5.92 Å². The van der Waals surface area contributed by atoms with Crippen LogP contribution in [0.1, 0.15) is 44.8 Å². The fourth-order valence-electron chi connectivity index (χ4n) is 2.45. The SMILES string of the molecule is CC(C)OC(c1ccccc1)C1C=CCCC1. The summed E-state index contributed by atoms with van der Waals surface area (Å²) in [6.07, 6.45) is 8.87. The van der Waals surface area contributed by atoms with Gasteiger partial charge in [0.25, 0.3) is 0 Å². The molecule has 1 aromatic rings. The van der Waals surface area contributed by atoms with Gasteiger partial charge in [0.1, 0.15) is 0 Å². The van der Waals surface area contributed by atoms with Gasteiger partial charge in [-0.1, -0.05) is 42.5 Å². The molecule has 1 nitrogen and oxygen atoms in total. The van der Waals surface area contributed by atoms with E-state index in [4.69, 9.17) is 4.74 Å². The van der Waals surface area contributed by atoms with Gasteiger partial charge in [0, 0.05) is 5.92 Å². The third kappa shape index (κ3) is 3.44. The zero-order valence-corrected chi connectivity index (χ0v) is 10.8. The van der Waals surface area contributed by atoms with Crippen LogP contribution >= 0.6 is 0 Å². The minimum absolute atomic E-state index is 0.216. The van der Waals surface area contributed by atoms with Gasteiger partial charge < -0.3 is 4.74 Å². The van der Waals surface area contributed by atoms with Crippen LogP contribution in [0.15, 0.2) is 42.5 Å². The van der Waals surface area contributed by atoms with Crippen LogP contribution in [0, 0.1) is 5.92 Å². The van der Waals surface area contributed by atoms with E-state index >= 15 is 0 Å². The molecule has 1 aromatic carbocycles. The summed E-state index contributed by atoms with van der Waals surface area (Å²) < 4.78 is 6.12. The highest BCUT2D eigenvalue weighted by Gasteiger charge is 2.23. The van der Waals surface area contributed by atoms with Crippen molar-refractivity contribution in [2.45, 2.75) is 45.3 Å². The molecule has 0 saturated carbocycles. The smallest absolute Gasteiger partial charge is 0.0890 e. The highest BCUT2D eigenvalue weighted by atomic mass is 16.5. The molecule has 0 aliphatic heterocycles. The van der Waals surface area contributed by atoms with E-state index in [2.05, 4.69) is 56.3 Å². The number of benzene rings is 1. The van der Waals surface area contributed by atoms with Gasteiger partial charge in [-0.25, -0.2) is 0 Å². The lowest BCUT2D eigenvalue weighted by Gasteiger charge is -2.29. The number of hydrogen-bond acceptors (Lipinski definition) is 1. The summed E-state index contributed by atoms with van der Waals surface area (Å²) in [5.74, 6) is 0.536. The van der Waals surface area contributed by atoms with E-state index < -0.39 is 0 Å². The van der Waals surface area contributed by atoms with Crippen LogP contribution in [0.4, 0.5) is 0 Å². The average Bonchev–Trinajstić information content (AvgIpc) is 2.38. The first kappa shape index (κ1) is 12.4. The molecule has 0 N–H and O–H groups in total. The zero-order valence-electron chi connectivity index (χ0n) is 10.8. The van der Waals surface area contributed by atoms with Crippen LogP contribution in [0.2, 0.25) is 0 Å². The third-order valence-corrected chi connectivity index (χ3v) is 3.23. The van der Waals surface area contributed by atoms with Gasteiger partial charge in [0.05, 0.1) is 12.2 Å². The van der Waals surface area contributed by atoms with Gasteiger partial charge in [-0.2, -0.15) is 0 Å². The van der Waals surface area contributed by atoms with E-state index in [1.807, 2.05) is 0 Å². The van der Waals surface area contributed by atoms with Gasteiger partial charge in [0.2, 0.25) is 0 Å². The summed E-state index contributed by atoms with van der Waals surface area (Å²) in [4.78, 5) is 0. The van der Waals surface area contributed by atoms with Crippen molar-refractivity contribution in [2.75, 3.05) is 0 Å². The molecule has 0 bridgehead atoms. The zero-order chi connectivity index (χ0) is 12.1. The highest BCUT2D eigenvalue weighted by molar-refractivity contribution is 5.20. The van der Waals surface area contributed by atoms with Crippen molar-refractivity contribution in [3.05, 3.63) is 48.0 Å². The van der Waals surface area contributed by atoms with Gasteiger partial charge >= 0.3 is 0 Å². The standard InChI is InChI=1S/C16H22O/c1-13(2)17-16(14-9-5-3-6-10-14)15-11-7-4-8-12-15/h3,5-7,9-11,13,15-16H,4,8,12H2,1-2H3. The average molecular weight is 230 g/mol.